The van der Waals surface area contributed by atoms with Crippen molar-refractivity contribution >= 4 is 17.6 Å². The van der Waals surface area contributed by atoms with Crippen LogP contribution in [0.25, 0.3) is 0 Å². The Kier molecular flexibility index (Phi) is 4.55. The lowest BCUT2D eigenvalue weighted by Crippen LogP contribution is -2.37. The summed E-state index contributed by atoms with van der Waals surface area (Å²) in [5, 5.41) is 11.3. The van der Waals surface area contributed by atoms with Gasteiger partial charge in [-0.1, -0.05) is 6.07 Å². The predicted octanol–water partition coefficient (Wildman–Crippen LogP) is 1.39. The van der Waals surface area contributed by atoms with Crippen LogP contribution in [-0.2, 0) is 9.59 Å². The lowest BCUT2D eigenvalue weighted by molar-refractivity contribution is -0.138. The molecule has 5 nitrogen and oxygen atoms in total. The van der Waals surface area contributed by atoms with Crippen LogP contribution in [-0.4, -0.2) is 36.1 Å². The molecule has 1 atom stereocenters. The highest BCUT2D eigenvalue weighted by atomic mass is 19.1. The standard InChI is InChI=1S/C14H17FN2O3/c15-10-2-1-3-12(8-10)17-7-6-11(9-17)16-13(18)4-5-14(19)20/h1-3,8,11H,4-7,9H2,(H,16,18)(H,19,20). The number of amides is 1. The summed E-state index contributed by atoms with van der Waals surface area (Å²) in [4.78, 5) is 23.9. The van der Waals surface area contributed by atoms with Gasteiger partial charge < -0.3 is 15.3 Å². The molecule has 20 heavy (non-hydrogen) atoms. The number of nitrogens with one attached hydrogen (secondary N) is 1. The van der Waals surface area contributed by atoms with Crippen molar-refractivity contribution in [2.24, 2.45) is 0 Å². The van der Waals surface area contributed by atoms with Crippen LogP contribution in [0.1, 0.15) is 19.3 Å². The molecule has 2 rings (SSSR count). The van der Waals surface area contributed by atoms with Gasteiger partial charge in [0.05, 0.1) is 6.42 Å². The molecule has 1 fully saturated rings. The number of carboxylic acids is 1. The van der Waals surface area contributed by atoms with E-state index in [2.05, 4.69) is 5.32 Å². The van der Waals surface area contributed by atoms with Crippen LogP contribution in [0.5, 0.6) is 0 Å². The molecular formula is C14H17FN2O3. The molecule has 0 saturated carbocycles. The zero-order chi connectivity index (χ0) is 14.5. The number of hydrogen-bond donors (Lipinski definition) is 2. The van der Waals surface area contributed by atoms with Gasteiger partial charge in [-0.15, -0.1) is 0 Å². The third-order valence-corrected chi connectivity index (χ3v) is 3.29. The van der Waals surface area contributed by atoms with Crippen molar-refractivity contribution in [3.05, 3.63) is 30.1 Å². The first-order valence-corrected chi connectivity index (χ1v) is 6.56. The van der Waals surface area contributed by atoms with Gasteiger partial charge in [-0.05, 0) is 24.6 Å². The van der Waals surface area contributed by atoms with Crippen LogP contribution in [0, 0.1) is 5.82 Å². The third-order valence-electron chi connectivity index (χ3n) is 3.29. The van der Waals surface area contributed by atoms with Crippen LogP contribution in [0.2, 0.25) is 0 Å². The number of rotatable bonds is 5. The van der Waals surface area contributed by atoms with Gasteiger partial charge in [0.1, 0.15) is 5.82 Å². The van der Waals surface area contributed by atoms with Crippen LogP contribution in [0.4, 0.5) is 10.1 Å². The largest absolute Gasteiger partial charge is 0.481 e. The summed E-state index contributed by atoms with van der Waals surface area (Å²) in [5.41, 5.74) is 0.798. The number of carbonyl (C=O) groups excluding carboxylic acids is 1. The molecule has 0 aromatic heterocycles. The molecule has 1 aromatic rings. The summed E-state index contributed by atoms with van der Waals surface area (Å²) in [6.45, 7) is 1.36. The van der Waals surface area contributed by atoms with Crippen molar-refractivity contribution in [1.29, 1.82) is 0 Å². The van der Waals surface area contributed by atoms with E-state index < -0.39 is 5.97 Å². The van der Waals surface area contributed by atoms with Crippen LogP contribution >= 0.6 is 0 Å². The molecule has 0 aliphatic carbocycles. The maximum Gasteiger partial charge on any atom is 0.303 e. The number of anilines is 1. The normalized spacial score (nSPS) is 18.1. The molecule has 0 spiro atoms. The molecular weight excluding hydrogens is 263 g/mol. The highest BCUT2D eigenvalue weighted by Gasteiger charge is 2.24. The summed E-state index contributed by atoms with van der Waals surface area (Å²) < 4.78 is 13.2. The van der Waals surface area contributed by atoms with E-state index in [4.69, 9.17) is 5.11 Å². The van der Waals surface area contributed by atoms with E-state index in [1.807, 2.05) is 11.0 Å². The number of benzene rings is 1. The van der Waals surface area contributed by atoms with Crippen molar-refractivity contribution in [2.45, 2.75) is 25.3 Å². The first-order chi connectivity index (χ1) is 9.54. The fourth-order valence-corrected chi connectivity index (χ4v) is 2.31. The van der Waals surface area contributed by atoms with E-state index in [0.717, 1.165) is 18.7 Å². The Morgan fingerprint density at radius 3 is 2.90 bits per heavy atom. The number of aliphatic carboxylic acids is 1. The van der Waals surface area contributed by atoms with Crippen molar-refractivity contribution in [2.75, 3.05) is 18.0 Å². The maximum absolute atomic E-state index is 13.2. The third kappa shape index (κ3) is 3.94. The van der Waals surface area contributed by atoms with Gasteiger partial charge in [0, 0.05) is 31.2 Å². The number of hydrogen-bond acceptors (Lipinski definition) is 3. The predicted molar refractivity (Wildman–Crippen MR) is 72.0 cm³/mol. The quantitative estimate of drug-likeness (QED) is 0.855. The molecule has 0 radical (unpaired) electrons. The van der Waals surface area contributed by atoms with Crippen molar-refractivity contribution in [1.82, 2.24) is 5.32 Å². The molecule has 1 unspecified atom stereocenters. The van der Waals surface area contributed by atoms with E-state index in [9.17, 15) is 14.0 Å². The lowest BCUT2D eigenvalue weighted by atomic mass is 10.2. The Hall–Kier alpha value is -2.11. The molecule has 1 aromatic carbocycles. The lowest BCUT2D eigenvalue weighted by Gasteiger charge is -2.19. The summed E-state index contributed by atoms with van der Waals surface area (Å²) in [7, 11) is 0. The molecule has 108 valence electrons. The zero-order valence-electron chi connectivity index (χ0n) is 11.0. The van der Waals surface area contributed by atoms with Gasteiger partial charge in [0.25, 0.3) is 0 Å². The van der Waals surface area contributed by atoms with E-state index in [-0.39, 0.29) is 30.6 Å². The van der Waals surface area contributed by atoms with E-state index in [1.54, 1.807) is 6.07 Å². The second kappa shape index (κ2) is 6.36. The highest BCUT2D eigenvalue weighted by molar-refractivity contribution is 5.80. The fraction of sp³-hybridized carbons (Fsp3) is 0.429. The Morgan fingerprint density at radius 2 is 2.20 bits per heavy atom. The average molecular weight is 280 g/mol. The topological polar surface area (TPSA) is 69.6 Å². The van der Waals surface area contributed by atoms with Gasteiger partial charge in [0.2, 0.25) is 5.91 Å². The Balaban J connectivity index is 1.83. The minimum absolute atomic E-state index is 0.00814. The van der Waals surface area contributed by atoms with Gasteiger partial charge in [-0.3, -0.25) is 9.59 Å². The molecule has 1 amide bonds. The summed E-state index contributed by atoms with van der Waals surface area (Å²) in [6.07, 6.45) is 0.604. The van der Waals surface area contributed by atoms with Gasteiger partial charge in [-0.25, -0.2) is 4.39 Å². The number of nitrogens with zero attached hydrogens (tertiary/aromatic N) is 1. The van der Waals surface area contributed by atoms with Crippen LogP contribution < -0.4 is 10.2 Å². The second-order valence-corrected chi connectivity index (χ2v) is 4.87. The van der Waals surface area contributed by atoms with Crippen molar-refractivity contribution < 1.29 is 19.1 Å². The minimum Gasteiger partial charge on any atom is -0.481 e. The molecule has 2 N–H and O–H groups in total. The maximum atomic E-state index is 13.2. The van der Waals surface area contributed by atoms with Gasteiger partial charge in [0.15, 0.2) is 0 Å². The van der Waals surface area contributed by atoms with E-state index in [1.165, 1.54) is 12.1 Å². The Morgan fingerprint density at radius 1 is 1.40 bits per heavy atom. The van der Waals surface area contributed by atoms with E-state index in [0.29, 0.717) is 6.54 Å². The molecule has 1 aliphatic rings. The van der Waals surface area contributed by atoms with Crippen LogP contribution in [0.3, 0.4) is 0 Å². The second-order valence-electron chi connectivity index (χ2n) is 4.87. The van der Waals surface area contributed by atoms with Gasteiger partial charge in [-0.2, -0.15) is 0 Å². The molecule has 1 heterocycles. The first-order valence-electron chi connectivity index (χ1n) is 6.56. The van der Waals surface area contributed by atoms with E-state index >= 15 is 0 Å². The summed E-state index contributed by atoms with van der Waals surface area (Å²) in [5.74, 6) is -1.51. The molecule has 6 heteroatoms. The number of carbonyl (C=O) groups is 2. The monoisotopic (exact) mass is 280 g/mol. The zero-order valence-corrected chi connectivity index (χ0v) is 11.0. The molecule has 1 aliphatic heterocycles. The first kappa shape index (κ1) is 14.3. The van der Waals surface area contributed by atoms with Crippen LogP contribution in [0.15, 0.2) is 24.3 Å². The fourth-order valence-electron chi connectivity index (χ4n) is 2.31. The minimum atomic E-state index is -0.979. The van der Waals surface area contributed by atoms with Crippen molar-refractivity contribution in [3.8, 4) is 0 Å². The summed E-state index contributed by atoms with van der Waals surface area (Å²) in [6, 6.07) is 6.33. The van der Waals surface area contributed by atoms with Gasteiger partial charge >= 0.3 is 5.97 Å². The van der Waals surface area contributed by atoms with Crippen molar-refractivity contribution in [3.63, 3.8) is 0 Å². The highest BCUT2D eigenvalue weighted by Crippen LogP contribution is 2.21. The SMILES string of the molecule is O=C(O)CCC(=O)NC1CCN(c2cccc(F)c2)C1. The Labute approximate surface area is 116 Å². The summed E-state index contributed by atoms with van der Waals surface area (Å²) >= 11 is 0. The smallest absolute Gasteiger partial charge is 0.303 e. The number of halogens is 1. The number of carboxylic acid groups (broad SMARTS) is 1. The Bertz CT molecular complexity index is 507. The molecule has 0 bridgehead atoms. The molecule has 1 saturated heterocycles. The average Bonchev–Trinajstić information content (AvgIpc) is 2.85.